The zero-order valence-corrected chi connectivity index (χ0v) is 8.69. The van der Waals surface area contributed by atoms with Gasteiger partial charge in [-0.15, -0.1) is 0 Å². The lowest BCUT2D eigenvalue weighted by Crippen LogP contribution is -1.99. The normalized spacial score (nSPS) is 10.2. The second kappa shape index (κ2) is 4.49. The monoisotopic (exact) mass is 199 g/mol. The minimum atomic E-state index is 0.486. The molecule has 2 N–H and O–H groups in total. The molecule has 0 heterocycles. The average molecular weight is 200 g/mol. The van der Waals surface area contributed by atoms with Crippen LogP contribution in [-0.2, 0) is 13.0 Å². The van der Waals surface area contributed by atoms with Crippen molar-refractivity contribution >= 4 is 11.6 Å². The van der Waals surface area contributed by atoms with Gasteiger partial charge in [-0.3, -0.25) is 0 Å². The first-order valence-electron chi connectivity index (χ1n) is 4.28. The van der Waals surface area contributed by atoms with Gasteiger partial charge in [0.25, 0.3) is 0 Å². The highest BCUT2D eigenvalue weighted by atomic mass is 35.5. The fourth-order valence-corrected chi connectivity index (χ4v) is 1.67. The van der Waals surface area contributed by atoms with Gasteiger partial charge in [-0.25, -0.2) is 0 Å². The van der Waals surface area contributed by atoms with E-state index in [0.29, 0.717) is 6.54 Å². The summed E-state index contributed by atoms with van der Waals surface area (Å²) in [6.07, 6.45) is 0.868. The standard InChI is InChI=1S/C10H14ClNO/c1-3-8-9(11)4-7(6-12)5-10(8)13-2/h4-5H,3,6,12H2,1-2H3. The molecule has 0 amide bonds. The molecular formula is C10H14ClNO. The number of hydrogen-bond acceptors (Lipinski definition) is 2. The molecule has 0 aromatic heterocycles. The molecule has 0 bridgehead atoms. The lowest BCUT2D eigenvalue weighted by atomic mass is 10.1. The second-order valence-corrected chi connectivity index (χ2v) is 3.22. The Bertz CT molecular complexity index is 299. The summed E-state index contributed by atoms with van der Waals surface area (Å²) < 4.78 is 5.22. The zero-order chi connectivity index (χ0) is 9.84. The maximum atomic E-state index is 6.06. The highest BCUT2D eigenvalue weighted by molar-refractivity contribution is 6.31. The van der Waals surface area contributed by atoms with Crippen LogP contribution in [0.1, 0.15) is 18.1 Å². The number of halogens is 1. The van der Waals surface area contributed by atoms with Gasteiger partial charge in [0.05, 0.1) is 7.11 Å². The molecule has 0 saturated heterocycles. The molecule has 1 aromatic rings. The molecule has 2 nitrogen and oxygen atoms in total. The molecule has 3 heteroatoms. The molecule has 13 heavy (non-hydrogen) atoms. The minimum absolute atomic E-state index is 0.486. The molecule has 0 saturated carbocycles. The number of rotatable bonds is 3. The SMILES string of the molecule is CCc1c(Cl)cc(CN)cc1OC. The van der Waals surface area contributed by atoms with Crippen molar-refractivity contribution in [2.24, 2.45) is 5.73 Å². The van der Waals surface area contributed by atoms with Crippen molar-refractivity contribution < 1.29 is 4.74 Å². The van der Waals surface area contributed by atoms with Crippen LogP contribution in [0, 0.1) is 0 Å². The summed E-state index contributed by atoms with van der Waals surface area (Å²) in [4.78, 5) is 0. The van der Waals surface area contributed by atoms with Crippen LogP contribution in [0.5, 0.6) is 5.75 Å². The number of hydrogen-bond donors (Lipinski definition) is 1. The Kier molecular flexibility index (Phi) is 3.58. The van der Waals surface area contributed by atoms with Gasteiger partial charge in [0.1, 0.15) is 5.75 Å². The Balaban J connectivity index is 3.20. The summed E-state index contributed by atoms with van der Waals surface area (Å²) in [7, 11) is 1.64. The number of nitrogens with two attached hydrogens (primary N) is 1. The zero-order valence-electron chi connectivity index (χ0n) is 7.93. The van der Waals surface area contributed by atoms with E-state index in [2.05, 4.69) is 0 Å². The van der Waals surface area contributed by atoms with Crippen LogP contribution in [0.2, 0.25) is 5.02 Å². The fourth-order valence-electron chi connectivity index (χ4n) is 1.31. The Morgan fingerprint density at radius 3 is 2.62 bits per heavy atom. The molecule has 0 aliphatic carbocycles. The van der Waals surface area contributed by atoms with E-state index in [4.69, 9.17) is 22.1 Å². The van der Waals surface area contributed by atoms with E-state index in [-0.39, 0.29) is 0 Å². The van der Waals surface area contributed by atoms with Crippen LogP contribution < -0.4 is 10.5 Å². The molecule has 0 unspecified atom stereocenters. The van der Waals surface area contributed by atoms with Crippen LogP contribution in [-0.4, -0.2) is 7.11 Å². The average Bonchev–Trinajstić information content (AvgIpc) is 2.16. The quantitative estimate of drug-likeness (QED) is 0.811. The van der Waals surface area contributed by atoms with Crippen molar-refractivity contribution in [1.82, 2.24) is 0 Å². The lowest BCUT2D eigenvalue weighted by Gasteiger charge is -2.10. The second-order valence-electron chi connectivity index (χ2n) is 2.82. The van der Waals surface area contributed by atoms with E-state index in [1.807, 2.05) is 19.1 Å². The van der Waals surface area contributed by atoms with Crippen molar-refractivity contribution in [1.29, 1.82) is 0 Å². The maximum Gasteiger partial charge on any atom is 0.123 e. The van der Waals surface area contributed by atoms with E-state index in [1.54, 1.807) is 7.11 Å². The lowest BCUT2D eigenvalue weighted by molar-refractivity contribution is 0.409. The largest absolute Gasteiger partial charge is 0.496 e. The predicted octanol–water partition coefficient (Wildman–Crippen LogP) is 2.37. The first-order valence-corrected chi connectivity index (χ1v) is 4.66. The van der Waals surface area contributed by atoms with Crippen LogP contribution in [0.15, 0.2) is 12.1 Å². The molecule has 72 valence electrons. The Labute approximate surface area is 83.6 Å². The van der Waals surface area contributed by atoms with Crippen LogP contribution in [0.4, 0.5) is 0 Å². The molecule has 0 atom stereocenters. The Morgan fingerprint density at radius 2 is 2.15 bits per heavy atom. The topological polar surface area (TPSA) is 35.2 Å². The van der Waals surface area contributed by atoms with Crippen molar-refractivity contribution in [3.05, 3.63) is 28.3 Å². The van der Waals surface area contributed by atoms with Gasteiger partial charge in [0, 0.05) is 17.1 Å². The fraction of sp³-hybridized carbons (Fsp3) is 0.400. The Hall–Kier alpha value is -0.730. The van der Waals surface area contributed by atoms with E-state index in [1.165, 1.54) is 0 Å². The van der Waals surface area contributed by atoms with E-state index in [9.17, 15) is 0 Å². The molecule has 1 aromatic carbocycles. The summed E-state index contributed by atoms with van der Waals surface area (Å²) in [6, 6.07) is 3.83. The van der Waals surface area contributed by atoms with E-state index >= 15 is 0 Å². The third-order valence-corrected chi connectivity index (χ3v) is 2.36. The van der Waals surface area contributed by atoms with Gasteiger partial charge >= 0.3 is 0 Å². The van der Waals surface area contributed by atoms with Crippen LogP contribution in [0.25, 0.3) is 0 Å². The molecule has 0 spiro atoms. The van der Waals surface area contributed by atoms with Gasteiger partial charge in [-0.05, 0) is 24.1 Å². The van der Waals surface area contributed by atoms with Gasteiger partial charge in [-0.1, -0.05) is 18.5 Å². The minimum Gasteiger partial charge on any atom is -0.496 e. The highest BCUT2D eigenvalue weighted by Crippen LogP contribution is 2.28. The number of benzene rings is 1. The summed E-state index contributed by atoms with van der Waals surface area (Å²) in [5.74, 6) is 0.829. The summed E-state index contributed by atoms with van der Waals surface area (Å²) >= 11 is 6.06. The summed E-state index contributed by atoms with van der Waals surface area (Å²) in [5, 5.41) is 0.738. The van der Waals surface area contributed by atoms with Crippen LogP contribution >= 0.6 is 11.6 Å². The maximum absolute atomic E-state index is 6.06. The van der Waals surface area contributed by atoms with E-state index < -0.39 is 0 Å². The number of methoxy groups -OCH3 is 1. The number of ether oxygens (including phenoxy) is 1. The third-order valence-electron chi connectivity index (χ3n) is 2.02. The molecule has 1 rings (SSSR count). The smallest absolute Gasteiger partial charge is 0.123 e. The predicted molar refractivity (Wildman–Crippen MR) is 55.3 cm³/mol. The molecule has 0 radical (unpaired) electrons. The summed E-state index contributed by atoms with van der Waals surface area (Å²) in [6.45, 7) is 2.53. The van der Waals surface area contributed by atoms with Gasteiger partial charge in [0.15, 0.2) is 0 Å². The first-order chi connectivity index (χ1) is 6.22. The van der Waals surface area contributed by atoms with Crippen molar-refractivity contribution in [2.75, 3.05) is 7.11 Å². The van der Waals surface area contributed by atoms with Gasteiger partial charge in [-0.2, -0.15) is 0 Å². The van der Waals surface area contributed by atoms with Gasteiger partial charge in [0.2, 0.25) is 0 Å². The third kappa shape index (κ3) is 2.14. The molecular weight excluding hydrogens is 186 g/mol. The summed E-state index contributed by atoms with van der Waals surface area (Å²) in [5.41, 5.74) is 7.56. The van der Waals surface area contributed by atoms with Crippen LogP contribution in [0.3, 0.4) is 0 Å². The van der Waals surface area contributed by atoms with Crippen molar-refractivity contribution in [3.63, 3.8) is 0 Å². The Morgan fingerprint density at radius 1 is 1.46 bits per heavy atom. The first kappa shape index (κ1) is 10.4. The van der Waals surface area contributed by atoms with Crippen molar-refractivity contribution in [2.45, 2.75) is 19.9 Å². The highest BCUT2D eigenvalue weighted by Gasteiger charge is 2.07. The molecule has 0 aliphatic heterocycles. The molecule has 0 fully saturated rings. The van der Waals surface area contributed by atoms with Crippen molar-refractivity contribution in [3.8, 4) is 5.75 Å². The van der Waals surface area contributed by atoms with Gasteiger partial charge < -0.3 is 10.5 Å². The molecule has 0 aliphatic rings. The van der Waals surface area contributed by atoms with E-state index in [0.717, 1.165) is 28.3 Å².